The molecule has 1 saturated heterocycles. The van der Waals surface area contributed by atoms with E-state index in [9.17, 15) is 9.59 Å². The van der Waals surface area contributed by atoms with E-state index in [1.54, 1.807) is 6.92 Å². The van der Waals surface area contributed by atoms with E-state index in [0.717, 1.165) is 56.0 Å². The zero-order valence-corrected chi connectivity index (χ0v) is 18.9. The quantitative estimate of drug-likeness (QED) is 0.646. The number of esters is 1. The molecule has 1 aliphatic rings. The predicted octanol–water partition coefficient (Wildman–Crippen LogP) is 3.87. The number of carbonyl (C=O) groups excluding carboxylic acids is 2. The van der Waals surface area contributed by atoms with Gasteiger partial charge in [0.1, 0.15) is 10.6 Å². The Kier molecular flexibility index (Phi) is 8.01. The van der Waals surface area contributed by atoms with Crippen LogP contribution in [0.5, 0.6) is 0 Å². The molecule has 0 bridgehead atoms. The molecule has 0 radical (unpaired) electrons. The molecule has 30 heavy (non-hydrogen) atoms. The number of ether oxygens (including phenoxy) is 1. The fourth-order valence-corrected chi connectivity index (χ4v) is 4.55. The maximum Gasteiger partial charge on any atom is 0.341 e. The van der Waals surface area contributed by atoms with E-state index in [2.05, 4.69) is 22.0 Å². The Balaban J connectivity index is 1.68. The molecule has 162 valence electrons. The SMILES string of the molecule is CCOC(=O)c1c(-c2ccc(C)cc2)csc1NC(=O)CCN1CCN(CC)CC1. The molecule has 0 spiro atoms. The van der Waals surface area contributed by atoms with E-state index >= 15 is 0 Å². The van der Waals surface area contributed by atoms with Gasteiger partial charge in [-0.15, -0.1) is 11.3 Å². The fourth-order valence-electron chi connectivity index (χ4n) is 3.58. The number of anilines is 1. The second-order valence-corrected chi connectivity index (χ2v) is 8.39. The third-order valence-electron chi connectivity index (χ3n) is 5.45. The Labute approximate surface area is 182 Å². The smallest absolute Gasteiger partial charge is 0.341 e. The summed E-state index contributed by atoms with van der Waals surface area (Å²) in [5.41, 5.74) is 3.33. The van der Waals surface area contributed by atoms with Gasteiger partial charge in [0, 0.05) is 50.1 Å². The highest BCUT2D eigenvalue weighted by atomic mass is 32.1. The van der Waals surface area contributed by atoms with E-state index in [4.69, 9.17) is 4.74 Å². The van der Waals surface area contributed by atoms with Crippen molar-refractivity contribution in [1.29, 1.82) is 0 Å². The van der Waals surface area contributed by atoms with Crippen LogP contribution < -0.4 is 5.32 Å². The van der Waals surface area contributed by atoms with Crippen LogP contribution in [0.25, 0.3) is 11.1 Å². The van der Waals surface area contributed by atoms with Crippen LogP contribution in [0.4, 0.5) is 5.00 Å². The number of rotatable bonds is 8. The van der Waals surface area contributed by atoms with Crippen LogP contribution >= 0.6 is 11.3 Å². The number of carbonyl (C=O) groups is 2. The van der Waals surface area contributed by atoms with Crippen molar-refractivity contribution in [3.63, 3.8) is 0 Å². The molecule has 1 fully saturated rings. The van der Waals surface area contributed by atoms with E-state index in [1.807, 2.05) is 36.6 Å². The summed E-state index contributed by atoms with van der Waals surface area (Å²) in [5.74, 6) is -0.476. The molecule has 2 heterocycles. The van der Waals surface area contributed by atoms with Crippen molar-refractivity contribution in [1.82, 2.24) is 9.80 Å². The van der Waals surface area contributed by atoms with Gasteiger partial charge in [0.05, 0.1) is 6.61 Å². The number of aryl methyl sites for hydroxylation is 1. The molecule has 6 nitrogen and oxygen atoms in total. The molecule has 1 amide bonds. The number of benzene rings is 1. The lowest BCUT2D eigenvalue weighted by atomic mass is 10.0. The molecular weight excluding hydrogens is 398 g/mol. The molecule has 0 aliphatic carbocycles. The third kappa shape index (κ3) is 5.68. The first kappa shape index (κ1) is 22.5. The van der Waals surface area contributed by atoms with Crippen LogP contribution in [0, 0.1) is 6.92 Å². The van der Waals surface area contributed by atoms with Gasteiger partial charge >= 0.3 is 5.97 Å². The molecule has 1 aliphatic heterocycles. The van der Waals surface area contributed by atoms with Gasteiger partial charge in [-0.3, -0.25) is 4.79 Å². The van der Waals surface area contributed by atoms with Crippen LogP contribution in [0.15, 0.2) is 29.6 Å². The largest absolute Gasteiger partial charge is 0.462 e. The van der Waals surface area contributed by atoms with Crippen LogP contribution in [-0.4, -0.2) is 67.6 Å². The lowest BCUT2D eigenvalue weighted by Crippen LogP contribution is -2.46. The highest BCUT2D eigenvalue weighted by Crippen LogP contribution is 2.36. The van der Waals surface area contributed by atoms with Gasteiger partial charge in [-0.2, -0.15) is 0 Å². The van der Waals surface area contributed by atoms with Crippen LogP contribution in [-0.2, 0) is 9.53 Å². The minimum atomic E-state index is -0.402. The monoisotopic (exact) mass is 429 g/mol. The summed E-state index contributed by atoms with van der Waals surface area (Å²) in [6.07, 6.45) is 0.409. The summed E-state index contributed by atoms with van der Waals surface area (Å²) < 4.78 is 5.27. The molecule has 0 unspecified atom stereocenters. The summed E-state index contributed by atoms with van der Waals surface area (Å²) >= 11 is 1.37. The van der Waals surface area contributed by atoms with Crippen LogP contribution in [0.3, 0.4) is 0 Å². The topological polar surface area (TPSA) is 61.9 Å². The first-order chi connectivity index (χ1) is 14.5. The molecule has 1 aromatic carbocycles. The maximum atomic E-state index is 12.7. The Bertz CT molecular complexity index is 855. The molecular formula is C23H31N3O3S. The number of amides is 1. The normalized spacial score (nSPS) is 15.2. The average molecular weight is 430 g/mol. The van der Waals surface area contributed by atoms with Gasteiger partial charge in [0.2, 0.25) is 5.91 Å². The minimum Gasteiger partial charge on any atom is -0.462 e. The van der Waals surface area contributed by atoms with Crippen LogP contribution in [0.2, 0.25) is 0 Å². The molecule has 0 atom stereocenters. The van der Waals surface area contributed by atoms with Crippen molar-refractivity contribution < 1.29 is 14.3 Å². The summed E-state index contributed by atoms with van der Waals surface area (Å²) in [6.45, 7) is 12.2. The second kappa shape index (κ2) is 10.7. The number of nitrogens with zero attached hydrogens (tertiary/aromatic N) is 2. The molecule has 7 heteroatoms. The second-order valence-electron chi connectivity index (χ2n) is 7.51. The Morgan fingerprint density at radius 3 is 2.37 bits per heavy atom. The lowest BCUT2D eigenvalue weighted by molar-refractivity contribution is -0.116. The Morgan fingerprint density at radius 1 is 1.07 bits per heavy atom. The van der Waals surface area contributed by atoms with E-state index in [1.165, 1.54) is 11.3 Å². The summed E-state index contributed by atoms with van der Waals surface area (Å²) in [4.78, 5) is 30.0. The summed E-state index contributed by atoms with van der Waals surface area (Å²) in [7, 11) is 0. The van der Waals surface area contributed by atoms with Crippen molar-refractivity contribution in [3.8, 4) is 11.1 Å². The number of piperazine rings is 1. The first-order valence-corrected chi connectivity index (χ1v) is 11.5. The Hall–Kier alpha value is -2.22. The predicted molar refractivity (Wildman–Crippen MR) is 122 cm³/mol. The van der Waals surface area contributed by atoms with Gasteiger partial charge in [0.15, 0.2) is 0 Å². The maximum absolute atomic E-state index is 12.7. The number of hydrogen-bond donors (Lipinski definition) is 1. The zero-order chi connectivity index (χ0) is 21.5. The lowest BCUT2D eigenvalue weighted by Gasteiger charge is -2.33. The molecule has 3 rings (SSSR count). The van der Waals surface area contributed by atoms with Crippen molar-refractivity contribution in [2.45, 2.75) is 27.2 Å². The number of thiophene rings is 1. The molecule has 0 saturated carbocycles. The standard InChI is InChI=1S/C23H31N3O3S/c1-4-25-12-14-26(15-13-25)11-10-20(27)24-22-21(23(28)29-5-2)19(16-30-22)18-8-6-17(3)7-9-18/h6-9,16H,4-5,10-15H2,1-3H3,(H,24,27). The molecule has 2 aromatic rings. The first-order valence-electron chi connectivity index (χ1n) is 10.6. The van der Waals surface area contributed by atoms with Gasteiger partial charge in [0.25, 0.3) is 0 Å². The molecule has 1 aromatic heterocycles. The highest BCUT2D eigenvalue weighted by molar-refractivity contribution is 7.15. The number of likely N-dealkylation sites (N-methyl/N-ethyl adjacent to an activating group) is 1. The van der Waals surface area contributed by atoms with Crippen LogP contribution in [0.1, 0.15) is 36.2 Å². The van der Waals surface area contributed by atoms with Gasteiger partial charge in [-0.05, 0) is 26.0 Å². The van der Waals surface area contributed by atoms with Crippen molar-refractivity contribution in [3.05, 3.63) is 40.8 Å². The van der Waals surface area contributed by atoms with E-state index in [-0.39, 0.29) is 5.91 Å². The summed E-state index contributed by atoms with van der Waals surface area (Å²) in [6, 6.07) is 8.00. The third-order valence-corrected chi connectivity index (χ3v) is 6.35. The average Bonchev–Trinajstić information content (AvgIpc) is 3.17. The minimum absolute atomic E-state index is 0.0734. The van der Waals surface area contributed by atoms with Gasteiger partial charge < -0.3 is 19.9 Å². The zero-order valence-electron chi connectivity index (χ0n) is 18.1. The van der Waals surface area contributed by atoms with Gasteiger partial charge in [-0.25, -0.2) is 4.79 Å². The van der Waals surface area contributed by atoms with E-state index < -0.39 is 5.97 Å². The van der Waals surface area contributed by atoms with Crippen molar-refractivity contribution in [2.75, 3.05) is 51.2 Å². The highest BCUT2D eigenvalue weighted by Gasteiger charge is 2.23. The van der Waals surface area contributed by atoms with E-state index in [0.29, 0.717) is 23.6 Å². The summed E-state index contributed by atoms with van der Waals surface area (Å²) in [5, 5.41) is 5.43. The van der Waals surface area contributed by atoms with Crippen molar-refractivity contribution in [2.24, 2.45) is 0 Å². The fraction of sp³-hybridized carbons (Fsp3) is 0.478. The molecule has 1 N–H and O–H groups in total. The number of nitrogens with one attached hydrogen (secondary N) is 1. The number of hydrogen-bond acceptors (Lipinski definition) is 6. The Morgan fingerprint density at radius 2 is 1.73 bits per heavy atom. The van der Waals surface area contributed by atoms with Gasteiger partial charge in [-0.1, -0.05) is 36.8 Å². The van der Waals surface area contributed by atoms with Crippen molar-refractivity contribution >= 4 is 28.2 Å².